The summed E-state index contributed by atoms with van der Waals surface area (Å²) >= 11 is 5.26. The second-order valence-corrected chi connectivity index (χ2v) is 7.69. The van der Waals surface area contributed by atoms with Crippen molar-refractivity contribution in [2.75, 3.05) is 0 Å². The SMILES string of the molecule is CC(C)(C)c1ccc(CC(N)c2sccc2Br)cc1. The van der Waals surface area contributed by atoms with Gasteiger partial charge in [0, 0.05) is 15.4 Å². The Bertz CT molecular complexity index is 537. The van der Waals surface area contributed by atoms with Gasteiger partial charge in [-0.2, -0.15) is 0 Å². The first-order valence-corrected chi connectivity index (χ1v) is 8.13. The molecular formula is C16H20BrNS. The van der Waals surface area contributed by atoms with Crippen molar-refractivity contribution in [3.05, 3.63) is 56.2 Å². The van der Waals surface area contributed by atoms with Crippen molar-refractivity contribution >= 4 is 27.3 Å². The maximum absolute atomic E-state index is 6.28. The van der Waals surface area contributed by atoms with Gasteiger partial charge in [0.1, 0.15) is 0 Å². The molecule has 0 bridgehead atoms. The van der Waals surface area contributed by atoms with Crippen LogP contribution in [0.25, 0.3) is 0 Å². The lowest BCUT2D eigenvalue weighted by atomic mass is 9.86. The standard InChI is InChI=1S/C16H20BrNS/c1-16(2,3)12-6-4-11(5-7-12)10-14(18)15-13(17)8-9-19-15/h4-9,14H,10,18H2,1-3H3. The van der Waals surface area contributed by atoms with Crippen LogP contribution in [0.4, 0.5) is 0 Å². The van der Waals surface area contributed by atoms with Crippen LogP contribution in [-0.2, 0) is 11.8 Å². The molecule has 0 amide bonds. The highest BCUT2D eigenvalue weighted by atomic mass is 79.9. The molecule has 2 rings (SSSR count). The molecule has 0 saturated heterocycles. The third kappa shape index (κ3) is 3.68. The van der Waals surface area contributed by atoms with Gasteiger partial charge in [-0.3, -0.25) is 0 Å². The van der Waals surface area contributed by atoms with E-state index in [1.54, 1.807) is 11.3 Å². The molecule has 2 aromatic rings. The van der Waals surface area contributed by atoms with Crippen molar-refractivity contribution in [2.45, 2.75) is 38.6 Å². The second kappa shape index (κ2) is 5.78. The van der Waals surface area contributed by atoms with Crippen LogP contribution < -0.4 is 5.73 Å². The molecule has 2 N–H and O–H groups in total. The van der Waals surface area contributed by atoms with Gasteiger partial charge in [-0.1, -0.05) is 45.0 Å². The molecule has 0 spiro atoms. The van der Waals surface area contributed by atoms with E-state index in [2.05, 4.69) is 72.4 Å². The van der Waals surface area contributed by atoms with Crippen LogP contribution >= 0.6 is 27.3 Å². The average Bonchev–Trinajstić information content (AvgIpc) is 2.75. The number of thiophene rings is 1. The van der Waals surface area contributed by atoms with Gasteiger partial charge >= 0.3 is 0 Å². The Kier molecular flexibility index (Phi) is 4.49. The van der Waals surface area contributed by atoms with Crippen LogP contribution in [-0.4, -0.2) is 0 Å². The van der Waals surface area contributed by atoms with E-state index in [-0.39, 0.29) is 11.5 Å². The zero-order chi connectivity index (χ0) is 14.0. The molecule has 19 heavy (non-hydrogen) atoms. The highest BCUT2D eigenvalue weighted by Crippen LogP contribution is 2.30. The fourth-order valence-corrected chi connectivity index (χ4v) is 3.73. The van der Waals surface area contributed by atoms with Crippen molar-refractivity contribution in [3.63, 3.8) is 0 Å². The monoisotopic (exact) mass is 337 g/mol. The summed E-state index contributed by atoms with van der Waals surface area (Å²) in [5.74, 6) is 0. The minimum Gasteiger partial charge on any atom is -0.323 e. The predicted molar refractivity (Wildman–Crippen MR) is 87.8 cm³/mol. The number of nitrogens with two attached hydrogens (primary N) is 1. The van der Waals surface area contributed by atoms with Gasteiger partial charge < -0.3 is 5.73 Å². The Morgan fingerprint density at radius 1 is 1.16 bits per heavy atom. The maximum atomic E-state index is 6.28. The van der Waals surface area contributed by atoms with E-state index in [0.29, 0.717) is 0 Å². The van der Waals surface area contributed by atoms with E-state index in [0.717, 1.165) is 10.9 Å². The van der Waals surface area contributed by atoms with E-state index in [1.165, 1.54) is 16.0 Å². The van der Waals surface area contributed by atoms with E-state index >= 15 is 0 Å². The summed E-state index contributed by atoms with van der Waals surface area (Å²) in [5, 5.41) is 2.07. The average molecular weight is 338 g/mol. The summed E-state index contributed by atoms with van der Waals surface area (Å²) in [5.41, 5.74) is 9.14. The summed E-state index contributed by atoms with van der Waals surface area (Å²) < 4.78 is 1.12. The fourth-order valence-electron chi connectivity index (χ4n) is 2.06. The first kappa shape index (κ1) is 14.8. The van der Waals surface area contributed by atoms with Gasteiger partial charge in [0.05, 0.1) is 0 Å². The summed E-state index contributed by atoms with van der Waals surface area (Å²) in [6.07, 6.45) is 0.879. The molecule has 0 radical (unpaired) electrons. The highest BCUT2D eigenvalue weighted by Gasteiger charge is 2.15. The van der Waals surface area contributed by atoms with Gasteiger partial charge in [-0.15, -0.1) is 11.3 Å². The third-order valence-electron chi connectivity index (χ3n) is 3.26. The van der Waals surface area contributed by atoms with Crippen LogP contribution in [0, 0.1) is 0 Å². The topological polar surface area (TPSA) is 26.0 Å². The molecule has 1 nitrogen and oxygen atoms in total. The highest BCUT2D eigenvalue weighted by molar-refractivity contribution is 9.10. The quantitative estimate of drug-likeness (QED) is 0.833. The Labute approximate surface area is 128 Å². The van der Waals surface area contributed by atoms with Crippen LogP contribution in [0.3, 0.4) is 0 Å². The molecule has 1 unspecified atom stereocenters. The molecular weight excluding hydrogens is 318 g/mol. The summed E-state index contributed by atoms with van der Waals surface area (Å²) in [4.78, 5) is 1.22. The molecule has 1 aromatic carbocycles. The Morgan fingerprint density at radius 3 is 2.26 bits per heavy atom. The van der Waals surface area contributed by atoms with E-state index in [1.807, 2.05) is 0 Å². The van der Waals surface area contributed by atoms with Crippen LogP contribution in [0.2, 0.25) is 0 Å². The molecule has 0 saturated carbocycles. The van der Waals surface area contributed by atoms with E-state index < -0.39 is 0 Å². The summed E-state index contributed by atoms with van der Waals surface area (Å²) in [6.45, 7) is 6.70. The molecule has 0 fully saturated rings. The normalized spacial score (nSPS) is 13.5. The molecule has 0 aliphatic carbocycles. The third-order valence-corrected chi connectivity index (χ3v) is 5.26. The molecule has 1 aromatic heterocycles. The van der Waals surface area contributed by atoms with Crippen LogP contribution in [0.5, 0.6) is 0 Å². The number of rotatable bonds is 3. The Balaban J connectivity index is 2.10. The molecule has 0 aliphatic rings. The van der Waals surface area contributed by atoms with Crippen molar-refractivity contribution in [2.24, 2.45) is 5.73 Å². The van der Waals surface area contributed by atoms with Crippen molar-refractivity contribution < 1.29 is 0 Å². The molecule has 3 heteroatoms. The first-order valence-electron chi connectivity index (χ1n) is 6.46. The van der Waals surface area contributed by atoms with Gasteiger partial charge in [0.25, 0.3) is 0 Å². The van der Waals surface area contributed by atoms with Crippen LogP contribution in [0.1, 0.15) is 42.8 Å². The zero-order valence-corrected chi connectivity index (χ0v) is 14.0. The van der Waals surface area contributed by atoms with Crippen molar-refractivity contribution in [1.82, 2.24) is 0 Å². The lowest BCUT2D eigenvalue weighted by Gasteiger charge is -2.19. The number of halogens is 1. The largest absolute Gasteiger partial charge is 0.323 e. The van der Waals surface area contributed by atoms with Crippen LogP contribution in [0.15, 0.2) is 40.2 Å². The Hall–Kier alpha value is -0.640. The first-order chi connectivity index (χ1) is 8.88. The smallest absolute Gasteiger partial charge is 0.0442 e. The molecule has 1 atom stereocenters. The van der Waals surface area contributed by atoms with E-state index in [4.69, 9.17) is 5.73 Å². The van der Waals surface area contributed by atoms with Gasteiger partial charge in [0.2, 0.25) is 0 Å². The van der Waals surface area contributed by atoms with E-state index in [9.17, 15) is 0 Å². The molecule has 102 valence electrons. The minimum absolute atomic E-state index is 0.0647. The minimum atomic E-state index is 0.0647. The van der Waals surface area contributed by atoms with Crippen molar-refractivity contribution in [3.8, 4) is 0 Å². The maximum Gasteiger partial charge on any atom is 0.0442 e. The second-order valence-electron chi connectivity index (χ2n) is 5.89. The summed E-state index contributed by atoms with van der Waals surface area (Å²) in [6, 6.07) is 10.9. The fraction of sp³-hybridized carbons (Fsp3) is 0.375. The zero-order valence-electron chi connectivity index (χ0n) is 11.6. The van der Waals surface area contributed by atoms with Gasteiger partial charge in [0.15, 0.2) is 0 Å². The van der Waals surface area contributed by atoms with Crippen molar-refractivity contribution in [1.29, 1.82) is 0 Å². The molecule has 1 heterocycles. The van der Waals surface area contributed by atoms with Gasteiger partial charge in [-0.25, -0.2) is 0 Å². The lowest BCUT2D eigenvalue weighted by molar-refractivity contribution is 0.589. The number of hydrogen-bond acceptors (Lipinski definition) is 2. The van der Waals surface area contributed by atoms with Gasteiger partial charge in [-0.05, 0) is 50.3 Å². The Morgan fingerprint density at radius 2 is 1.79 bits per heavy atom. The predicted octanol–water partition coefficient (Wildman–Crippen LogP) is 5.05. The number of hydrogen-bond donors (Lipinski definition) is 1. The molecule has 0 aliphatic heterocycles. The number of benzene rings is 1. The summed E-state index contributed by atoms with van der Waals surface area (Å²) in [7, 11) is 0. The lowest BCUT2D eigenvalue weighted by Crippen LogP contribution is -2.13.